The maximum Gasteiger partial charge on any atom is 0.328 e. The summed E-state index contributed by atoms with van der Waals surface area (Å²) in [6.07, 6.45) is 0. The van der Waals surface area contributed by atoms with E-state index >= 15 is 0 Å². The quantitative estimate of drug-likeness (QED) is 0.800. The van der Waals surface area contributed by atoms with Gasteiger partial charge < -0.3 is 15.0 Å². The molecule has 0 saturated heterocycles. The van der Waals surface area contributed by atoms with E-state index in [1.54, 1.807) is 0 Å². The van der Waals surface area contributed by atoms with Gasteiger partial charge in [-0.25, -0.2) is 4.79 Å². The van der Waals surface area contributed by atoms with Gasteiger partial charge in [0.05, 0.1) is 0 Å². The zero-order valence-electron chi connectivity index (χ0n) is 12.5. The first-order valence-electron chi connectivity index (χ1n) is 6.56. The van der Waals surface area contributed by atoms with Gasteiger partial charge in [-0.1, -0.05) is 18.2 Å². The van der Waals surface area contributed by atoms with E-state index in [0.717, 1.165) is 23.4 Å². The molecule has 0 aromatic heterocycles. The van der Waals surface area contributed by atoms with Crippen molar-refractivity contribution < 1.29 is 9.53 Å². The summed E-state index contributed by atoms with van der Waals surface area (Å²) in [5.74, 6) is -0.218. The van der Waals surface area contributed by atoms with Gasteiger partial charge in [-0.2, -0.15) is 0 Å². The smallest absolute Gasteiger partial charge is 0.328 e. The Balaban J connectivity index is 2.54. The molecule has 1 N–H and O–H groups in total. The Labute approximate surface area is 115 Å². The average molecular weight is 264 g/mol. The van der Waals surface area contributed by atoms with E-state index in [0.29, 0.717) is 6.61 Å². The minimum Gasteiger partial charge on any atom is -0.463 e. The number of ether oxygens (including phenoxy) is 1. The van der Waals surface area contributed by atoms with Crippen LogP contribution < -0.4 is 5.32 Å². The number of hydrogen-bond donors (Lipinski definition) is 1. The summed E-state index contributed by atoms with van der Waals surface area (Å²) >= 11 is 0. The van der Waals surface area contributed by atoms with Crippen LogP contribution >= 0.6 is 0 Å². The third-order valence-electron chi connectivity index (χ3n) is 2.98. The molecular formula is C15H24N2O2. The molecule has 1 atom stereocenters. The van der Waals surface area contributed by atoms with Crippen LogP contribution in [0.3, 0.4) is 0 Å². The van der Waals surface area contributed by atoms with E-state index in [4.69, 9.17) is 4.74 Å². The van der Waals surface area contributed by atoms with Gasteiger partial charge in [0.15, 0.2) is 0 Å². The van der Waals surface area contributed by atoms with Gasteiger partial charge in [0.1, 0.15) is 12.6 Å². The molecule has 1 aromatic carbocycles. The van der Waals surface area contributed by atoms with E-state index in [1.165, 1.54) is 0 Å². The van der Waals surface area contributed by atoms with E-state index in [1.807, 2.05) is 58.0 Å². The molecule has 0 aliphatic heterocycles. The molecular weight excluding hydrogens is 240 g/mol. The summed E-state index contributed by atoms with van der Waals surface area (Å²) in [7, 11) is 3.90. The number of hydrogen-bond acceptors (Lipinski definition) is 4. The Morgan fingerprint density at radius 1 is 1.32 bits per heavy atom. The van der Waals surface area contributed by atoms with E-state index in [9.17, 15) is 4.79 Å². The molecule has 1 unspecified atom stereocenters. The fourth-order valence-corrected chi connectivity index (χ4v) is 1.77. The van der Waals surface area contributed by atoms with Gasteiger partial charge in [0.2, 0.25) is 0 Å². The van der Waals surface area contributed by atoms with Crippen molar-refractivity contribution in [3.8, 4) is 0 Å². The number of carbonyl (C=O) groups is 1. The number of carbonyl (C=O) groups excluding carboxylic acids is 1. The minimum atomic E-state index is -0.345. The molecule has 0 bridgehead atoms. The second kappa shape index (κ2) is 7.14. The zero-order chi connectivity index (χ0) is 14.4. The third kappa shape index (κ3) is 4.91. The van der Waals surface area contributed by atoms with Crippen LogP contribution in [0.1, 0.15) is 18.1 Å². The van der Waals surface area contributed by atoms with Crippen molar-refractivity contribution in [2.75, 3.05) is 32.6 Å². The van der Waals surface area contributed by atoms with Crippen molar-refractivity contribution in [2.45, 2.75) is 26.8 Å². The van der Waals surface area contributed by atoms with Crippen LogP contribution in [0.4, 0.5) is 5.69 Å². The van der Waals surface area contributed by atoms with Gasteiger partial charge in [-0.3, -0.25) is 0 Å². The number of nitrogens with zero attached hydrogens (tertiary/aromatic N) is 1. The highest BCUT2D eigenvalue weighted by Gasteiger charge is 2.15. The summed E-state index contributed by atoms with van der Waals surface area (Å²) in [5.41, 5.74) is 3.28. The largest absolute Gasteiger partial charge is 0.463 e. The standard InChI is InChI=1S/C15H24N2O2/c1-11-7-6-8-12(2)14(11)16-13(3)15(18)19-10-9-17(4)5/h6-8,13,16H,9-10H2,1-5H3. The highest BCUT2D eigenvalue weighted by atomic mass is 16.5. The van der Waals surface area contributed by atoms with Crippen molar-refractivity contribution in [2.24, 2.45) is 0 Å². The van der Waals surface area contributed by atoms with Crippen molar-refractivity contribution >= 4 is 11.7 Å². The number of anilines is 1. The van der Waals surface area contributed by atoms with Crippen LogP contribution in [0.15, 0.2) is 18.2 Å². The summed E-state index contributed by atoms with van der Waals surface area (Å²) in [6.45, 7) is 7.04. The summed E-state index contributed by atoms with van der Waals surface area (Å²) in [6, 6.07) is 5.72. The molecule has 0 aliphatic carbocycles. The van der Waals surface area contributed by atoms with Gasteiger partial charge in [0.25, 0.3) is 0 Å². The minimum absolute atomic E-state index is 0.218. The third-order valence-corrected chi connectivity index (χ3v) is 2.98. The Kier molecular flexibility index (Phi) is 5.83. The summed E-state index contributed by atoms with van der Waals surface area (Å²) < 4.78 is 5.22. The van der Waals surface area contributed by atoms with Crippen molar-refractivity contribution in [3.05, 3.63) is 29.3 Å². The zero-order valence-corrected chi connectivity index (χ0v) is 12.5. The van der Waals surface area contributed by atoms with Crippen LogP contribution in [0.2, 0.25) is 0 Å². The number of esters is 1. The van der Waals surface area contributed by atoms with Crippen LogP contribution in [0.25, 0.3) is 0 Å². The predicted octanol–water partition coefficient (Wildman–Crippen LogP) is 2.21. The lowest BCUT2D eigenvalue weighted by Gasteiger charge is -2.18. The topological polar surface area (TPSA) is 41.6 Å². The van der Waals surface area contributed by atoms with Crippen LogP contribution in [0.5, 0.6) is 0 Å². The monoisotopic (exact) mass is 264 g/mol. The molecule has 1 rings (SSSR count). The molecule has 106 valence electrons. The van der Waals surface area contributed by atoms with Crippen LogP contribution in [-0.4, -0.2) is 44.2 Å². The molecule has 1 aromatic rings. The van der Waals surface area contributed by atoms with E-state index in [2.05, 4.69) is 5.32 Å². The molecule has 0 radical (unpaired) electrons. The van der Waals surface area contributed by atoms with Crippen LogP contribution in [-0.2, 0) is 9.53 Å². The van der Waals surface area contributed by atoms with E-state index < -0.39 is 0 Å². The first kappa shape index (κ1) is 15.5. The Morgan fingerprint density at radius 2 is 1.89 bits per heavy atom. The Morgan fingerprint density at radius 3 is 2.42 bits per heavy atom. The molecule has 0 fully saturated rings. The van der Waals surface area contributed by atoms with Crippen molar-refractivity contribution in [1.82, 2.24) is 4.90 Å². The molecule has 19 heavy (non-hydrogen) atoms. The first-order chi connectivity index (χ1) is 8.91. The Hall–Kier alpha value is -1.55. The lowest BCUT2D eigenvalue weighted by atomic mass is 10.1. The number of aryl methyl sites for hydroxylation is 2. The van der Waals surface area contributed by atoms with Crippen molar-refractivity contribution in [1.29, 1.82) is 0 Å². The molecule has 4 nitrogen and oxygen atoms in total. The number of rotatable bonds is 6. The molecule has 0 heterocycles. The lowest BCUT2D eigenvalue weighted by molar-refractivity contribution is -0.144. The summed E-state index contributed by atoms with van der Waals surface area (Å²) in [4.78, 5) is 13.8. The van der Waals surface area contributed by atoms with Crippen LogP contribution in [0, 0.1) is 13.8 Å². The van der Waals surface area contributed by atoms with Gasteiger partial charge in [-0.15, -0.1) is 0 Å². The number of para-hydroxylation sites is 1. The maximum atomic E-state index is 11.8. The molecule has 0 saturated carbocycles. The lowest BCUT2D eigenvalue weighted by Crippen LogP contribution is -2.31. The normalized spacial score (nSPS) is 12.3. The number of likely N-dealkylation sites (N-methyl/N-ethyl adjacent to an activating group) is 1. The van der Waals surface area contributed by atoms with Gasteiger partial charge in [0, 0.05) is 12.2 Å². The van der Waals surface area contributed by atoms with Crippen molar-refractivity contribution in [3.63, 3.8) is 0 Å². The average Bonchev–Trinajstić information content (AvgIpc) is 2.33. The number of nitrogens with one attached hydrogen (secondary N) is 1. The van der Waals surface area contributed by atoms with E-state index in [-0.39, 0.29) is 12.0 Å². The maximum absolute atomic E-state index is 11.8. The highest BCUT2D eigenvalue weighted by Crippen LogP contribution is 2.20. The fraction of sp³-hybridized carbons (Fsp3) is 0.533. The number of benzene rings is 1. The molecule has 4 heteroatoms. The second-order valence-electron chi connectivity index (χ2n) is 5.10. The first-order valence-corrected chi connectivity index (χ1v) is 6.56. The fourth-order valence-electron chi connectivity index (χ4n) is 1.77. The molecule has 0 aliphatic rings. The summed E-state index contributed by atoms with van der Waals surface area (Å²) in [5, 5.41) is 3.23. The second-order valence-corrected chi connectivity index (χ2v) is 5.10. The molecule has 0 spiro atoms. The highest BCUT2D eigenvalue weighted by molar-refractivity contribution is 5.79. The Bertz CT molecular complexity index is 410. The van der Waals surface area contributed by atoms with Gasteiger partial charge in [-0.05, 0) is 46.0 Å². The SMILES string of the molecule is Cc1cccc(C)c1NC(C)C(=O)OCCN(C)C. The van der Waals surface area contributed by atoms with Gasteiger partial charge >= 0.3 is 5.97 Å². The predicted molar refractivity (Wildman–Crippen MR) is 78.5 cm³/mol. The molecule has 0 amide bonds.